The summed E-state index contributed by atoms with van der Waals surface area (Å²) >= 11 is 5.92. The van der Waals surface area contributed by atoms with Crippen LogP contribution in [-0.2, 0) is 6.54 Å². The maximum Gasteiger partial charge on any atom is 0.199 e. The minimum atomic E-state index is -1.58. The van der Waals surface area contributed by atoms with Crippen molar-refractivity contribution in [3.05, 3.63) is 71.2 Å². The highest BCUT2D eigenvalue weighted by Crippen LogP contribution is 2.31. The van der Waals surface area contributed by atoms with Gasteiger partial charge in [0.05, 0.1) is 29.9 Å². The molecule has 1 aliphatic rings. The van der Waals surface area contributed by atoms with E-state index >= 15 is 0 Å². The molecule has 1 saturated carbocycles. The smallest absolute Gasteiger partial charge is 0.199 e. The van der Waals surface area contributed by atoms with Gasteiger partial charge in [-0.2, -0.15) is 0 Å². The summed E-state index contributed by atoms with van der Waals surface area (Å²) in [7, 11) is 0. The van der Waals surface area contributed by atoms with Crippen LogP contribution in [0.4, 0.5) is 10.2 Å². The molecule has 0 aliphatic heterocycles. The molecule has 8 nitrogen and oxygen atoms in total. The molecule has 3 heterocycles. The van der Waals surface area contributed by atoms with Gasteiger partial charge in [0.1, 0.15) is 23.5 Å². The van der Waals surface area contributed by atoms with Crippen molar-refractivity contribution in [1.29, 1.82) is 0 Å². The van der Waals surface area contributed by atoms with Gasteiger partial charge in [-0.05, 0) is 24.6 Å². The van der Waals surface area contributed by atoms with Crippen molar-refractivity contribution in [2.24, 2.45) is 5.92 Å². The van der Waals surface area contributed by atoms with Gasteiger partial charge in [-0.3, -0.25) is 4.79 Å². The molecule has 4 rings (SSSR count). The lowest BCUT2D eigenvalue weighted by Gasteiger charge is -2.18. The molecule has 0 radical (unpaired) electrons. The molecule has 0 spiro atoms. The third-order valence-electron chi connectivity index (χ3n) is 5.39. The number of anilines is 1. The predicted molar refractivity (Wildman–Crippen MR) is 112 cm³/mol. The van der Waals surface area contributed by atoms with Gasteiger partial charge in [0.2, 0.25) is 0 Å². The second-order valence-corrected chi connectivity index (χ2v) is 7.89. The Morgan fingerprint density at radius 1 is 1.35 bits per heavy atom. The first-order valence-corrected chi connectivity index (χ1v) is 10.2. The Labute approximate surface area is 182 Å². The van der Waals surface area contributed by atoms with E-state index in [1.165, 1.54) is 12.5 Å². The second-order valence-electron chi connectivity index (χ2n) is 7.50. The molecule has 4 atom stereocenters. The van der Waals surface area contributed by atoms with Gasteiger partial charge in [0, 0.05) is 36.7 Å². The first-order valence-electron chi connectivity index (χ1n) is 9.77. The molecule has 10 heteroatoms. The number of nitrogens with zero attached hydrogens (tertiary/aromatic N) is 4. The number of aromatic nitrogens is 4. The summed E-state index contributed by atoms with van der Waals surface area (Å²) in [4.78, 5) is 25.3. The number of carbonyl (C=O) groups excluding carboxylic acids is 1. The quantitative estimate of drug-likeness (QED) is 0.377. The SMILES string of the molecule is O=C(c1ccn(Cc2cccc(Cl)n2)c1)c1cncnc1N[C@@H]1C[C@H](CO)[C@@H](O)[C@@H]1F. The summed E-state index contributed by atoms with van der Waals surface area (Å²) in [5.41, 5.74) is 1.35. The number of aliphatic hydroxyl groups is 2. The lowest BCUT2D eigenvalue weighted by Crippen LogP contribution is -2.32. The van der Waals surface area contributed by atoms with Crippen molar-refractivity contribution in [2.75, 3.05) is 11.9 Å². The zero-order valence-electron chi connectivity index (χ0n) is 16.4. The van der Waals surface area contributed by atoms with Gasteiger partial charge in [0.25, 0.3) is 0 Å². The molecule has 31 heavy (non-hydrogen) atoms. The van der Waals surface area contributed by atoms with Gasteiger partial charge >= 0.3 is 0 Å². The highest BCUT2D eigenvalue weighted by atomic mass is 35.5. The van der Waals surface area contributed by atoms with E-state index in [1.54, 1.807) is 35.2 Å². The van der Waals surface area contributed by atoms with E-state index in [4.69, 9.17) is 11.6 Å². The summed E-state index contributed by atoms with van der Waals surface area (Å²) in [5.74, 6) is -0.709. The van der Waals surface area contributed by atoms with Crippen molar-refractivity contribution in [1.82, 2.24) is 19.5 Å². The van der Waals surface area contributed by atoms with Crippen molar-refractivity contribution in [2.45, 2.75) is 31.3 Å². The predicted octanol–water partition coefficient (Wildman–Crippen LogP) is 2.10. The molecule has 162 valence electrons. The Hall–Kier alpha value is -2.88. The number of carbonyl (C=O) groups is 1. The number of hydrogen-bond acceptors (Lipinski definition) is 7. The third kappa shape index (κ3) is 4.58. The van der Waals surface area contributed by atoms with Crippen LogP contribution in [0.3, 0.4) is 0 Å². The number of nitrogens with one attached hydrogen (secondary N) is 1. The standard InChI is InChI=1S/C21H21ClFN5O3/c22-17-3-1-2-14(26-17)9-28-5-4-12(8-28)19(30)15-7-24-11-25-21(15)27-16-6-13(10-29)20(31)18(16)23/h1-5,7-8,11,13,16,18,20,29,31H,6,9-10H2,(H,24,25,27)/t13-,16-,18-,20-/m1/s1. The number of pyridine rings is 1. The van der Waals surface area contributed by atoms with E-state index in [0.29, 0.717) is 17.3 Å². The molecule has 0 saturated heterocycles. The molecule has 3 N–H and O–H groups in total. The van der Waals surface area contributed by atoms with Gasteiger partial charge in [0.15, 0.2) is 5.78 Å². The Morgan fingerprint density at radius 3 is 2.94 bits per heavy atom. The summed E-state index contributed by atoms with van der Waals surface area (Å²) in [6.07, 6.45) is 3.44. The van der Waals surface area contributed by atoms with E-state index in [0.717, 1.165) is 5.69 Å². The first kappa shape index (κ1) is 21.4. The molecule has 1 aliphatic carbocycles. The number of alkyl halides is 1. The zero-order chi connectivity index (χ0) is 22.0. The topological polar surface area (TPSA) is 113 Å². The minimum Gasteiger partial charge on any atom is -0.396 e. The van der Waals surface area contributed by atoms with Gasteiger partial charge < -0.3 is 20.1 Å². The fourth-order valence-electron chi connectivity index (χ4n) is 3.76. The summed E-state index contributed by atoms with van der Waals surface area (Å²) in [6.45, 7) is 0.126. The molecule has 1 fully saturated rings. The fraction of sp³-hybridized carbons (Fsp3) is 0.333. The highest BCUT2D eigenvalue weighted by Gasteiger charge is 2.43. The molecular weight excluding hydrogens is 425 g/mol. The summed E-state index contributed by atoms with van der Waals surface area (Å²) in [5, 5.41) is 22.5. The molecule has 3 aromatic heterocycles. The monoisotopic (exact) mass is 445 g/mol. The average Bonchev–Trinajstić information content (AvgIpc) is 3.33. The maximum absolute atomic E-state index is 14.4. The number of ketones is 1. The van der Waals surface area contributed by atoms with Crippen molar-refractivity contribution in [3.8, 4) is 0 Å². The van der Waals surface area contributed by atoms with E-state index in [9.17, 15) is 19.4 Å². The Bertz CT molecular complexity index is 1080. The number of hydrogen-bond donors (Lipinski definition) is 3. The van der Waals surface area contributed by atoms with Crippen LogP contribution in [0.5, 0.6) is 0 Å². The zero-order valence-corrected chi connectivity index (χ0v) is 17.2. The van der Waals surface area contributed by atoms with Gasteiger partial charge in [-0.15, -0.1) is 0 Å². The van der Waals surface area contributed by atoms with Crippen LogP contribution >= 0.6 is 11.6 Å². The average molecular weight is 446 g/mol. The molecule has 0 aromatic carbocycles. The van der Waals surface area contributed by atoms with Crippen LogP contribution in [-0.4, -0.2) is 60.4 Å². The fourth-order valence-corrected chi connectivity index (χ4v) is 3.94. The van der Waals surface area contributed by atoms with Crippen LogP contribution in [0, 0.1) is 5.92 Å². The van der Waals surface area contributed by atoms with Crippen LogP contribution in [0.15, 0.2) is 49.2 Å². The molecule has 0 unspecified atom stereocenters. The number of rotatable bonds is 7. The van der Waals surface area contributed by atoms with Crippen LogP contribution in [0.1, 0.15) is 28.0 Å². The highest BCUT2D eigenvalue weighted by molar-refractivity contribution is 6.29. The van der Waals surface area contributed by atoms with E-state index in [1.807, 2.05) is 6.07 Å². The van der Waals surface area contributed by atoms with E-state index in [2.05, 4.69) is 20.3 Å². The third-order valence-corrected chi connectivity index (χ3v) is 5.60. The molecule has 3 aromatic rings. The van der Waals surface area contributed by atoms with Gasteiger partial charge in [-0.1, -0.05) is 17.7 Å². The van der Waals surface area contributed by atoms with Crippen LogP contribution < -0.4 is 5.32 Å². The minimum absolute atomic E-state index is 0.183. The summed E-state index contributed by atoms with van der Waals surface area (Å²) < 4.78 is 16.2. The van der Waals surface area contributed by atoms with Crippen molar-refractivity contribution >= 4 is 23.2 Å². The Kier molecular flexibility index (Phi) is 6.26. The van der Waals surface area contributed by atoms with Crippen molar-refractivity contribution in [3.63, 3.8) is 0 Å². The first-order chi connectivity index (χ1) is 15.0. The van der Waals surface area contributed by atoms with Gasteiger partial charge in [-0.25, -0.2) is 19.3 Å². The van der Waals surface area contributed by atoms with Crippen LogP contribution in [0.2, 0.25) is 5.15 Å². The molecular formula is C21H21ClFN5O3. The number of halogens is 2. The lowest BCUT2D eigenvalue weighted by atomic mass is 10.1. The van der Waals surface area contributed by atoms with E-state index in [-0.39, 0.29) is 30.2 Å². The maximum atomic E-state index is 14.4. The second kappa shape index (κ2) is 9.09. The normalized spacial score (nSPS) is 23.1. The lowest BCUT2D eigenvalue weighted by molar-refractivity contribution is 0.0444. The van der Waals surface area contributed by atoms with Crippen LogP contribution in [0.25, 0.3) is 0 Å². The summed E-state index contributed by atoms with van der Waals surface area (Å²) in [6, 6.07) is 6.23. The Morgan fingerprint density at radius 2 is 2.19 bits per heavy atom. The number of aliphatic hydroxyl groups excluding tert-OH is 2. The Balaban J connectivity index is 1.52. The van der Waals surface area contributed by atoms with Crippen molar-refractivity contribution < 1.29 is 19.4 Å². The molecule has 0 bridgehead atoms. The molecule has 0 amide bonds. The van der Waals surface area contributed by atoms with E-state index < -0.39 is 24.2 Å². The largest absolute Gasteiger partial charge is 0.396 e.